The number of rotatable bonds is 10. The highest BCUT2D eigenvalue weighted by Gasteiger charge is 2.17. The van der Waals surface area contributed by atoms with Crippen molar-refractivity contribution in [1.82, 2.24) is 10.3 Å². The van der Waals surface area contributed by atoms with Gasteiger partial charge in [0.25, 0.3) is 5.91 Å². The predicted octanol–water partition coefficient (Wildman–Crippen LogP) is 4.84. The molecule has 10 heteroatoms. The number of aromatic nitrogens is 1. The maximum absolute atomic E-state index is 12.8. The van der Waals surface area contributed by atoms with Crippen molar-refractivity contribution in [2.24, 2.45) is 0 Å². The van der Waals surface area contributed by atoms with Gasteiger partial charge in [-0.2, -0.15) is 5.26 Å². The molecule has 3 N–H and O–H groups in total. The first-order chi connectivity index (χ1) is 19.4. The molecule has 40 heavy (non-hydrogen) atoms. The Bertz CT molecular complexity index is 1570. The number of nitrogens with zero attached hydrogens (tertiary/aromatic N) is 2. The minimum Gasteiger partial charge on any atom is -0.497 e. The number of pyridine rings is 1. The number of nitrogens with one attached hydrogen (secondary N) is 2. The Morgan fingerprint density at radius 1 is 0.975 bits per heavy atom. The smallest absolute Gasteiger partial charge is 0.322 e. The fraction of sp³-hybridized carbons (Fsp3) is 0.100. The number of anilines is 1. The second kappa shape index (κ2) is 13.1. The summed E-state index contributed by atoms with van der Waals surface area (Å²) < 4.78 is 5.26. The van der Waals surface area contributed by atoms with E-state index in [-0.39, 0.29) is 17.2 Å². The number of hydrogen-bond acceptors (Lipinski definition) is 7. The molecule has 200 valence electrons. The van der Waals surface area contributed by atoms with E-state index < -0.39 is 18.4 Å². The van der Waals surface area contributed by atoms with Crippen molar-refractivity contribution in [2.75, 3.05) is 24.7 Å². The number of thioether (sulfide) groups is 1. The van der Waals surface area contributed by atoms with Gasteiger partial charge >= 0.3 is 5.97 Å². The van der Waals surface area contributed by atoms with E-state index in [1.807, 2.05) is 60.7 Å². The molecule has 9 nitrogen and oxygen atoms in total. The van der Waals surface area contributed by atoms with Crippen molar-refractivity contribution >= 4 is 35.2 Å². The van der Waals surface area contributed by atoms with Gasteiger partial charge < -0.3 is 20.5 Å². The molecule has 3 aromatic carbocycles. The number of nitriles is 1. The number of carboxylic acid groups (broad SMARTS) is 1. The molecule has 0 saturated carbocycles. The lowest BCUT2D eigenvalue weighted by molar-refractivity contribution is -0.135. The maximum Gasteiger partial charge on any atom is 0.322 e. The zero-order chi connectivity index (χ0) is 28.5. The number of ether oxygens (including phenoxy) is 1. The summed E-state index contributed by atoms with van der Waals surface area (Å²) in [6, 6.07) is 27.2. The normalized spacial score (nSPS) is 10.3. The van der Waals surface area contributed by atoms with Gasteiger partial charge in [0, 0.05) is 22.4 Å². The number of carbonyl (C=O) groups is 3. The molecule has 0 fully saturated rings. The molecule has 0 unspecified atom stereocenters. The Hall–Kier alpha value is -5.14. The van der Waals surface area contributed by atoms with Gasteiger partial charge in [0.15, 0.2) is 0 Å². The van der Waals surface area contributed by atoms with Crippen LogP contribution in [0.5, 0.6) is 5.75 Å². The minimum absolute atomic E-state index is 0.0111. The Morgan fingerprint density at radius 2 is 1.68 bits per heavy atom. The standard InChI is InChI=1S/C30H24N4O5S/c1-39-23-13-9-19(10-14-23)24-15-26(20-5-3-2-4-6-20)34-30(25(24)16-31)40-18-27(35)33-22-11-7-21(8-12-22)29(38)32-17-28(36)37/h2-15H,17-18H2,1H3,(H,32,38)(H,33,35)(H,36,37). The van der Waals surface area contributed by atoms with Crippen LogP contribution in [0.4, 0.5) is 5.69 Å². The fourth-order valence-electron chi connectivity index (χ4n) is 3.78. The molecule has 0 aliphatic rings. The molecule has 4 rings (SSSR count). The second-order valence-corrected chi connectivity index (χ2v) is 9.40. The summed E-state index contributed by atoms with van der Waals surface area (Å²) in [5.41, 5.74) is 4.14. The average molecular weight is 553 g/mol. The molecule has 0 saturated heterocycles. The van der Waals surface area contributed by atoms with Crippen molar-refractivity contribution < 1.29 is 24.2 Å². The van der Waals surface area contributed by atoms with Gasteiger partial charge in [-0.1, -0.05) is 54.2 Å². The Kier molecular flexibility index (Phi) is 9.12. The van der Waals surface area contributed by atoms with Gasteiger partial charge in [-0.05, 0) is 48.0 Å². The quantitative estimate of drug-likeness (QED) is 0.237. The Morgan fingerprint density at radius 3 is 2.30 bits per heavy atom. The van der Waals surface area contributed by atoms with Gasteiger partial charge in [0.05, 0.1) is 24.1 Å². The summed E-state index contributed by atoms with van der Waals surface area (Å²) in [4.78, 5) is 40.1. The van der Waals surface area contributed by atoms with Crippen molar-refractivity contribution in [2.45, 2.75) is 5.03 Å². The summed E-state index contributed by atoms with van der Waals surface area (Å²) in [5, 5.41) is 24.2. The van der Waals surface area contributed by atoms with E-state index in [2.05, 4.69) is 16.7 Å². The van der Waals surface area contributed by atoms with Gasteiger partial charge in [0.2, 0.25) is 5.91 Å². The lowest BCUT2D eigenvalue weighted by Crippen LogP contribution is -2.29. The second-order valence-electron chi connectivity index (χ2n) is 8.43. The highest BCUT2D eigenvalue weighted by atomic mass is 32.2. The van der Waals surface area contributed by atoms with E-state index in [1.54, 1.807) is 19.2 Å². The van der Waals surface area contributed by atoms with Crippen LogP contribution in [0.15, 0.2) is 90.0 Å². The molecule has 0 bridgehead atoms. The topological polar surface area (TPSA) is 141 Å². The summed E-state index contributed by atoms with van der Waals surface area (Å²) in [5.74, 6) is -1.32. The van der Waals surface area contributed by atoms with Crippen molar-refractivity contribution in [3.8, 4) is 34.2 Å². The summed E-state index contributed by atoms with van der Waals surface area (Å²) in [7, 11) is 1.59. The highest BCUT2D eigenvalue weighted by Crippen LogP contribution is 2.35. The number of amides is 2. The molecule has 0 aliphatic heterocycles. The zero-order valence-corrected chi connectivity index (χ0v) is 22.2. The molecular weight excluding hydrogens is 528 g/mol. The number of carboxylic acids is 1. The molecule has 0 atom stereocenters. The van der Waals surface area contributed by atoms with Crippen LogP contribution in [0.3, 0.4) is 0 Å². The lowest BCUT2D eigenvalue weighted by Gasteiger charge is -2.13. The molecule has 2 amide bonds. The molecule has 4 aromatic rings. The van der Waals surface area contributed by atoms with Gasteiger partial charge in [-0.3, -0.25) is 14.4 Å². The van der Waals surface area contributed by atoms with Crippen molar-refractivity contribution in [1.29, 1.82) is 5.26 Å². The van der Waals surface area contributed by atoms with Crippen LogP contribution >= 0.6 is 11.8 Å². The third-order valence-electron chi connectivity index (χ3n) is 5.74. The van der Waals surface area contributed by atoms with E-state index in [0.717, 1.165) is 22.9 Å². The van der Waals surface area contributed by atoms with Crippen LogP contribution in [0.25, 0.3) is 22.4 Å². The number of aliphatic carboxylic acids is 1. The molecule has 0 spiro atoms. The van der Waals surface area contributed by atoms with Crippen LogP contribution in [-0.4, -0.2) is 47.3 Å². The zero-order valence-electron chi connectivity index (χ0n) is 21.4. The summed E-state index contributed by atoms with van der Waals surface area (Å²) >= 11 is 1.15. The van der Waals surface area contributed by atoms with E-state index in [4.69, 9.17) is 14.8 Å². The first-order valence-electron chi connectivity index (χ1n) is 12.1. The van der Waals surface area contributed by atoms with E-state index in [9.17, 15) is 19.6 Å². The molecule has 1 aromatic heterocycles. The first kappa shape index (κ1) is 27.9. The molecular formula is C30H24N4O5S. The predicted molar refractivity (Wildman–Crippen MR) is 152 cm³/mol. The maximum atomic E-state index is 12.8. The summed E-state index contributed by atoms with van der Waals surface area (Å²) in [6.45, 7) is -0.487. The van der Waals surface area contributed by atoms with E-state index >= 15 is 0 Å². The number of methoxy groups -OCH3 is 1. The SMILES string of the molecule is COc1ccc(-c2cc(-c3ccccc3)nc(SCC(=O)Nc3ccc(C(=O)NCC(=O)O)cc3)c2C#N)cc1. The average Bonchev–Trinajstić information content (AvgIpc) is 2.99. The highest BCUT2D eigenvalue weighted by molar-refractivity contribution is 8.00. The largest absolute Gasteiger partial charge is 0.497 e. The fourth-order valence-corrected chi connectivity index (χ4v) is 4.59. The molecule has 1 heterocycles. The monoisotopic (exact) mass is 552 g/mol. The van der Waals surface area contributed by atoms with Gasteiger partial charge in [0.1, 0.15) is 23.4 Å². The van der Waals surface area contributed by atoms with Crippen LogP contribution in [0, 0.1) is 11.3 Å². The number of benzene rings is 3. The molecule has 0 radical (unpaired) electrons. The van der Waals surface area contributed by atoms with Gasteiger partial charge in [-0.15, -0.1) is 0 Å². The minimum atomic E-state index is -1.14. The first-order valence-corrected chi connectivity index (χ1v) is 13.0. The van der Waals surface area contributed by atoms with Crippen LogP contribution < -0.4 is 15.4 Å². The van der Waals surface area contributed by atoms with E-state index in [0.29, 0.717) is 33.3 Å². The number of hydrogen-bond donors (Lipinski definition) is 3. The van der Waals surface area contributed by atoms with Crippen LogP contribution in [0.1, 0.15) is 15.9 Å². The molecule has 0 aliphatic carbocycles. The lowest BCUT2D eigenvalue weighted by atomic mass is 9.99. The van der Waals surface area contributed by atoms with Crippen LogP contribution in [-0.2, 0) is 9.59 Å². The van der Waals surface area contributed by atoms with Crippen molar-refractivity contribution in [3.05, 3.63) is 96.1 Å². The van der Waals surface area contributed by atoms with E-state index in [1.165, 1.54) is 12.1 Å². The summed E-state index contributed by atoms with van der Waals surface area (Å²) in [6.07, 6.45) is 0. The Labute approximate surface area is 234 Å². The van der Waals surface area contributed by atoms with Crippen molar-refractivity contribution in [3.63, 3.8) is 0 Å². The third kappa shape index (κ3) is 7.03. The Balaban J connectivity index is 1.54. The third-order valence-corrected chi connectivity index (χ3v) is 6.72. The number of carbonyl (C=O) groups excluding carboxylic acids is 2. The van der Waals surface area contributed by atoms with Crippen LogP contribution in [0.2, 0.25) is 0 Å². The van der Waals surface area contributed by atoms with Gasteiger partial charge in [-0.25, -0.2) is 4.98 Å².